The monoisotopic (exact) mass is 391 g/mol. The molecule has 148 valence electrons. The number of carbonyl (C=O) groups excluding carboxylic acids is 2. The topological polar surface area (TPSA) is 85.5 Å². The van der Waals surface area contributed by atoms with Crippen molar-refractivity contribution in [3.05, 3.63) is 65.5 Å². The van der Waals surface area contributed by atoms with Crippen molar-refractivity contribution in [3.8, 4) is 11.5 Å². The lowest BCUT2D eigenvalue weighted by Gasteiger charge is -2.16. The molecular weight excluding hydrogens is 370 g/mol. The fraction of sp³-hybridized carbons (Fsp3) is 0.273. The normalized spacial score (nSPS) is 14.8. The van der Waals surface area contributed by atoms with Gasteiger partial charge in [-0.05, 0) is 56.7 Å². The number of ether oxygens (including phenoxy) is 1. The van der Waals surface area contributed by atoms with E-state index in [0.717, 1.165) is 23.2 Å². The highest BCUT2D eigenvalue weighted by Gasteiger charge is 2.23. The maximum atomic E-state index is 12.4. The third-order valence-electron chi connectivity index (χ3n) is 4.86. The number of carbonyl (C=O) groups is 2. The van der Waals surface area contributed by atoms with Crippen LogP contribution in [0.1, 0.15) is 47.7 Å². The van der Waals surface area contributed by atoms with Gasteiger partial charge in [0.15, 0.2) is 6.10 Å². The number of benzene rings is 2. The van der Waals surface area contributed by atoms with Gasteiger partial charge in [-0.25, -0.2) is 4.79 Å². The summed E-state index contributed by atoms with van der Waals surface area (Å²) in [6.07, 6.45) is 0.736. The Hall–Kier alpha value is -3.48. The molecule has 7 nitrogen and oxygen atoms in total. The fourth-order valence-electron chi connectivity index (χ4n) is 3.19. The van der Waals surface area contributed by atoms with E-state index in [1.807, 2.05) is 31.2 Å². The lowest BCUT2D eigenvalue weighted by molar-refractivity contribution is -0.117. The van der Waals surface area contributed by atoms with Gasteiger partial charge >= 0.3 is 5.97 Å². The molecule has 1 amide bonds. The Bertz CT molecular complexity index is 1020. The molecule has 1 saturated heterocycles. The van der Waals surface area contributed by atoms with Gasteiger partial charge in [-0.2, -0.15) is 0 Å². The molecule has 29 heavy (non-hydrogen) atoms. The van der Waals surface area contributed by atoms with E-state index in [2.05, 4.69) is 10.2 Å². The number of aromatic nitrogens is 2. The summed E-state index contributed by atoms with van der Waals surface area (Å²) >= 11 is 0. The Morgan fingerprint density at radius 1 is 1.10 bits per heavy atom. The Balaban J connectivity index is 1.42. The van der Waals surface area contributed by atoms with Crippen molar-refractivity contribution in [2.24, 2.45) is 0 Å². The van der Waals surface area contributed by atoms with Gasteiger partial charge in [0.25, 0.3) is 5.89 Å². The summed E-state index contributed by atoms with van der Waals surface area (Å²) < 4.78 is 11.1. The molecule has 2 heterocycles. The molecule has 1 fully saturated rings. The van der Waals surface area contributed by atoms with Crippen LogP contribution in [0.5, 0.6) is 0 Å². The lowest BCUT2D eigenvalue weighted by Crippen LogP contribution is -2.23. The minimum absolute atomic E-state index is 0.106. The second kappa shape index (κ2) is 7.87. The zero-order chi connectivity index (χ0) is 20.4. The predicted octanol–water partition coefficient (Wildman–Crippen LogP) is 4.09. The van der Waals surface area contributed by atoms with Gasteiger partial charge in [0, 0.05) is 24.2 Å². The summed E-state index contributed by atoms with van der Waals surface area (Å²) in [6, 6.07) is 14.5. The number of anilines is 1. The van der Waals surface area contributed by atoms with Crippen molar-refractivity contribution >= 4 is 17.6 Å². The van der Waals surface area contributed by atoms with E-state index in [1.54, 1.807) is 36.1 Å². The molecule has 0 radical (unpaired) electrons. The number of amides is 1. The first kappa shape index (κ1) is 18.9. The third kappa shape index (κ3) is 4.03. The Labute approximate surface area is 168 Å². The summed E-state index contributed by atoms with van der Waals surface area (Å²) in [5.74, 6) is 0.220. The van der Waals surface area contributed by atoms with Crippen LogP contribution in [0.2, 0.25) is 0 Å². The Morgan fingerprint density at radius 3 is 2.48 bits per heavy atom. The molecule has 1 aromatic heterocycles. The largest absolute Gasteiger partial charge is 0.449 e. The van der Waals surface area contributed by atoms with Gasteiger partial charge < -0.3 is 14.1 Å². The van der Waals surface area contributed by atoms with Crippen molar-refractivity contribution in [1.29, 1.82) is 0 Å². The van der Waals surface area contributed by atoms with Crippen LogP contribution in [0.3, 0.4) is 0 Å². The van der Waals surface area contributed by atoms with E-state index in [4.69, 9.17) is 9.15 Å². The summed E-state index contributed by atoms with van der Waals surface area (Å²) in [4.78, 5) is 26.0. The van der Waals surface area contributed by atoms with Crippen LogP contribution in [0.15, 0.2) is 52.9 Å². The average Bonchev–Trinajstić information content (AvgIpc) is 3.38. The molecule has 0 N–H and O–H groups in total. The second-order valence-corrected chi connectivity index (χ2v) is 7.05. The van der Waals surface area contributed by atoms with Crippen molar-refractivity contribution in [1.82, 2.24) is 10.2 Å². The minimum Gasteiger partial charge on any atom is -0.449 e. The lowest BCUT2D eigenvalue weighted by atomic mass is 10.1. The highest BCUT2D eigenvalue weighted by atomic mass is 16.6. The number of hydrogen-bond acceptors (Lipinski definition) is 6. The van der Waals surface area contributed by atoms with E-state index in [-0.39, 0.29) is 11.8 Å². The highest BCUT2D eigenvalue weighted by molar-refractivity contribution is 5.96. The second-order valence-electron chi connectivity index (χ2n) is 7.05. The molecule has 1 aliphatic rings. The van der Waals surface area contributed by atoms with Gasteiger partial charge in [-0.15, -0.1) is 10.2 Å². The summed E-state index contributed by atoms with van der Waals surface area (Å²) in [5.41, 5.74) is 3.12. The SMILES string of the molecule is Cc1ccc(-c2nnc([C@@H](C)OC(=O)c3ccc(N4CCCC4=O)cc3)o2)cc1. The quantitative estimate of drug-likeness (QED) is 0.609. The summed E-state index contributed by atoms with van der Waals surface area (Å²) in [5, 5.41) is 8.03. The van der Waals surface area contributed by atoms with Crippen LogP contribution in [-0.2, 0) is 9.53 Å². The molecule has 1 atom stereocenters. The number of aryl methyl sites for hydroxylation is 1. The Kier molecular flexibility index (Phi) is 5.12. The smallest absolute Gasteiger partial charge is 0.338 e. The number of rotatable bonds is 5. The van der Waals surface area contributed by atoms with Crippen LogP contribution in [0, 0.1) is 6.92 Å². The number of nitrogens with zero attached hydrogens (tertiary/aromatic N) is 3. The number of esters is 1. The molecule has 1 aliphatic heterocycles. The molecule has 0 saturated carbocycles. The molecule has 0 unspecified atom stereocenters. The van der Waals surface area contributed by atoms with Crippen molar-refractivity contribution < 1.29 is 18.7 Å². The third-order valence-corrected chi connectivity index (χ3v) is 4.86. The van der Waals surface area contributed by atoms with E-state index in [0.29, 0.717) is 24.4 Å². The molecule has 0 bridgehead atoms. The molecule has 0 aliphatic carbocycles. The average molecular weight is 391 g/mol. The van der Waals surface area contributed by atoms with Crippen LogP contribution < -0.4 is 4.90 Å². The highest BCUT2D eigenvalue weighted by Crippen LogP contribution is 2.25. The van der Waals surface area contributed by atoms with Crippen LogP contribution >= 0.6 is 0 Å². The molecule has 4 rings (SSSR count). The standard InChI is InChI=1S/C22H21N3O4/c1-14-5-7-16(8-6-14)21-24-23-20(29-21)15(2)28-22(27)17-9-11-18(12-10-17)25-13-3-4-19(25)26/h5-12,15H,3-4,13H2,1-2H3/t15-/m1/s1. The van der Waals surface area contributed by atoms with Gasteiger partial charge in [-0.1, -0.05) is 17.7 Å². The molecule has 3 aromatic rings. The van der Waals surface area contributed by atoms with Crippen molar-refractivity contribution in [2.45, 2.75) is 32.8 Å². The molecular formula is C22H21N3O4. The van der Waals surface area contributed by atoms with Crippen molar-refractivity contribution in [2.75, 3.05) is 11.4 Å². The van der Waals surface area contributed by atoms with E-state index in [9.17, 15) is 9.59 Å². The first-order valence-corrected chi connectivity index (χ1v) is 9.53. The van der Waals surface area contributed by atoms with Gasteiger partial charge in [0.2, 0.25) is 11.8 Å². The maximum absolute atomic E-state index is 12.4. The van der Waals surface area contributed by atoms with Gasteiger partial charge in [-0.3, -0.25) is 4.79 Å². The zero-order valence-corrected chi connectivity index (χ0v) is 16.3. The van der Waals surface area contributed by atoms with E-state index in [1.165, 1.54) is 0 Å². The maximum Gasteiger partial charge on any atom is 0.338 e. The minimum atomic E-state index is -0.686. The summed E-state index contributed by atoms with van der Waals surface area (Å²) in [7, 11) is 0. The van der Waals surface area contributed by atoms with Crippen molar-refractivity contribution in [3.63, 3.8) is 0 Å². The summed E-state index contributed by atoms with van der Waals surface area (Å²) in [6.45, 7) is 4.39. The first-order valence-electron chi connectivity index (χ1n) is 9.53. The van der Waals surface area contributed by atoms with Gasteiger partial charge in [0.1, 0.15) is 0 Å². The molecule has 2 aromatic carbocycles. The van der Waals surface area contributed by atoms with E-state index >= 15 is 0 Å². The predicted molar refractivity (Wildman–Crippen MR) is 106 cm³/mol. The molecule has 0 spiro atoms. The molecule has 7 heteroatoms. The van der Waals surface area contributed by atoms with Crippen LogP contribution in [0.25, 0.3) is 11.5 Å². The van der Waals surface area contributed by atoms with E-state index < -0.39 is 12.1 Å². The van der Waals surface area contributed by atoms with Gasteiger partial charge in [0.05, 0.1) is 5.56 Å². The number of hydrogen-bond donors (Lipinski definition) is 0. The zero-order valence-electron chi connectivity index (χ0n) is 16.3. The fourth-order valence-corrected chi connectivity index (χ4v) is 3.19. The Morgan fingerprint density at radius 2 is 1.83 bits per heavy atom. The van der Waals surface area contributed by atoms with Crippen LogP contribution in [-0.4, -0.2) is 28.6 Å². The van der Waals surface area contributed by atoms with Crippen LogP contribution in [0.4, 0.5) is 5.69 Å². The first-order chi connectivity index (χ1) is 14.0.